The van der Waals surface area contributed by atoms with E-state index in [0.29, 0.717) is 43.4 Å². The van der Waals surface area contributed by atoms with E-state index in [1.807, 2.05) is 4.90 Å². The third-order valence-corrected chi connectivity index (χ3v) is 5.36. The number of furan rings is 1. The van der Waals surface area contributed by atoms with E-state index in [9.17, 15) is 19.7 Å². The molecule has 0 aliphatic carbocycles. The molecule has 2 amide bonds. The average molecular weight is 496 g/mol. The first kappa shape index (κ1) is 23.9. The van der Waals surface area contributed by atoms with E-state index in [0.717, 1.165) is 0 Å². The summed E-state index contributed by atoms with van der Waals surface area (Å²) in [5, 5.41) is 19.7. The summed E-state index contributed by atoms with van der Waals surface area (Å²) in [5.41, 5.74) is 1.49. The van der Waals surface area contributed by atoms with Gasteiger partial charge in [0.2, 0.25) is 0 Å². The predicted molar refractivity (Wildman–Crippen MR) is 133 cm³/mol. The van der Waals surface area contributed by atoms with Gasteiger partial charge in [-0.1, -0.05) is 0 Å². The van der Waals surface area contributed by atoms with Crippen molar-refractivity contribution in [2.24, 2.45) is 0 Å². The lowest BCUT2D eigenvalue weighted by molar-refractivity contribution is -0.384. The summed E-state index contributed by atoms with van der Waals surface area (Å²) < 4.78 is 10.3. The largest absolute Gasteiger partial charge is 0.459 e. The van der Waals surface area contributed by atoms with Crippen LogP contribution in [0.25, 0.3) is 0 Å². The molecular weight excluding hydrogens is 474 g/mol. The monoisotopic (exact) mass is 495 g/mol. The van der Waals surface area contributed by atoms with Gasteiger partial charge in [0.1, 0.15) is 5.69 Å². The van der Waals surface area contributed by atoms with E-state index in [1.165, 1.54) is 18.4 Å². The van der Waals surface area contributed by atoms with Crippen molar-refractivity contribution < 1.29 is 23.7 Å². The first-order valence-electron chi connectivity index (χ1n) is 10.6. The Bertz CT molecular complexity index is 1240. The minimum Gasteiger partial charge on any atom is -0.459 e. The molecule has 1 fully saturated rings. The van der Waals surface area contributed by atoms with Gasteiger partial charge in [0.15, 0.2) is 10.9 Å². The number of nitrogens with zero attached hydrogens (tertiary/aromatic N) is 2. The lowest BCUT2D eigenvalue weighted by Crippen LogP contribution is -2.37. The van der Waals surface area contributed by atoms with Crippen molar-refractivity contribution in [1.82, 2.24) is 5.32 Å². The minimum atomic E-state index is -0.582. The number of thiocarbonyl (C=S) groups is 1. The molecule has 0 atom stereocenters. The molecule has 1 saturated heterocycles. The molecule has 0 spiro atoms. The second kappa shape index (κ2) is 10.8. The zero-order valence-corrected chi connectivity index (χ0v) is 19.2. The van der Waals surface area contributed by atoms with Crippen molar-refractivity contribution in [1.29, 1.82) is 0 Å². The van der Waals surface area contributed by atoms with Crippen LogP contribution in [-0.2, 0) is 4.74 Å². The van der Waals surface area contributed by atoms with Gasteiger partial charge in [-0.2, -0.15) is 0 Å². The number of morpholine rings is 1. The van der Waals surface area contributed by atoms with Gasteiger partial charge in [-0.3, -0.25) is 25.0 Å². The number of ether oxygens (including phenoxy) is 1. The van der Waals surface area contributed by atoms with Crippen LogP contribution in [-0.4, -0.2) is 48.2 Å². The summed E-state index contributed by atoms with van der Waals surface area (Å²) in [5.74, 6) is -0.775. The normalized spacial score (nSPS) is 13.1. The van der Waals surface area contributed by atoms with Crippen molar-refractivity contribution in [3.8, 4) is 0 Å². The molecule has 0 radical (unpaired) electrons. The number of amides is 2. The molecule has 0 saturated carbocycles. The molecule has 0 bridgehead atoms. The van der Waals surface area contributed by atoms with Crippen LogP contribution < -0.4 is 20.9 Å². The molecule has 0 unspecified atom stereocenters. The van der Waals surface area contributed by atoms with Gasteiger partial charge in [0.25, 0.3) is 17.5 Å². The number of nitrogens with one attached hydrogen (secondary N) is 3. The fourth-order valence-corrected chi connectivity index (χ4v) is 3.67. The highest BCUT2D eigenvalue weighted by Gasteiger charge is 2.23. The van der Waals surface area contributed by atoms with E-state index < -0.39 is 10.8 Å². The molecule has 2 heterocycles. The van der Waals surface area contributed by atoms with Gasteiger partial charge in [-0.25, -0.2) is 0 Å². The molecule has 1 aromatic heterocycles. The number of carbonyl (C=O) groups is 2. The first-order chi connectivity index (χ1) is 16.9. The molecule has 3 N–H and O–H groups in total. The van der Waals surface area contributed by atoms with E-state index in [1.54, 1.807) is 42.5 Å². The van der Waals surface area contributed by atoms with Crippen LogP contribution in [0.1, 0.15) is 20.9 Å². The van der Waals surface area contributed by atoms with Gasteiger partial charge in [-0.05, 0) is 60.7 Å². The van der Waals surface area contributed by atoms with E-state index in [-0.39, 0.29) is 28.0 Å². The minimum absolute atomic E-state index is 0.0160. The third-order valence-electron chi connectivity index (χ3n) is 5.16. The molecule has 11 nitrogen and oxygen atoms in total. The smallest absolute Gasteiger partial charge is 0.293 e. The van der Waals surface area contributed by atoms with Crippen LogP contribution in [0.5, 0.6) is 0 Å². The molecule has 3 aromatic rings. The number of hydrogen-bond donors (Lipinski definition) is 3. The average Bonchev–Trinajstić information content (AvgIpc) is 3.41. The Morgan fingerprint density at radius 3 is 2.29 bits per heavy atom. The molecule has 4 rings (SSSR count). The lowest BCUT2D eigenvalue weighted by atomic mass is 10.1. The highest BCUT2D eigenvalue weighted by Crippen LogP contribution is 2.30. The fraction of sp³-hybridized carbons (Fsp3) is 0.174. The van der Waals surface area contributed by atoms with E-state index in [2.05, 4.69) is 16.0 Å². The number of nitro benzene ring substituents is 1. The standard InChI is InChI=1S/C23H21N5O6S/c29-21(15-3-8-18(19(14-15)28(31)32)27-9-12-33-13-10-27)26-23(35)25-17-6-4-16(5-7-17)24-22(30)20-2-1-11-34-20/h1-8,11,14H,9-10,12-13H2,(H,24,30)(H2,25,26,29,35). The molecule has 12 heteroatoms. The van der Waals surface area contributed by atoms with Gasteiger partial charge in [0, 0.05) is 36.1 Å². The number of hydrogen-bond acceptors (Lipinski definition) is 8. The highest BCUT2D eigenvalue weighted by atomic mass is 32.1. The van der Waals surface area contributed by atoms with Crippen molar-refractivity contribution in [3.05, 3.63) is 82.3 Å². The van der Waals surface area contributed by atoms with Crippen molar-refractivity contribution >= 4 is 51.9 Å². The number of nitro groups is 1. The van der Waals surface area contributed by atoms with Gasteiger partial charge < -0.3 is 24.7 Å². The Labute approximate surface area is 205 Å². The second-order valence-corrected chi connectivity index (χ2v) is 7.89. The second-order valence-electron chi connectivity index (χ2n) is 7.48. The van der Waals surface area contributed by atoms with Gasteiger partial charge in [0.05, 0.1) is 24.4 Å². The summed E-state index contributed by atoms with van der Waals surface area (Å²) in [4.78, 5) is 37.6. The van der Waals surface area contributed by atoms with Crippen LogP contribution in [0.15, 0.2) is 65.3 Å². The Morgan fingerprint density at radius 1 is 0.971 bits per heavy atom. The van der Waals surface area contributed by atoms with Crippen LogP contribution >= 0.6 is 12.2 Å². The quantitative estimate of drug-likeness (QED) is 0.267. The number of carbonyl (C=O) groups excluding carboxylic acids is 2. The molecular formula is C23H21N5O6S. The maximum absolute atomic E-state index is 12.6. The summed E-state index contributed by atoms with van der Waals surface area (Å²) in [6.45, 7) is 2.03. The first-order valence-corrected chi connectivity index (χ1v) is 11.0. The lowest BCUT2D eigenvalue weighted by Gasteiger charge is -2.28. The van der Waals surface area contributed by atoms with E-state index in [4.69, 9.17) is 21.4 Å². The van der Waals surface area contributed by atoms with Crippen molar-refractivity contribution in [2.75, 3.05) is 41.8 Å². The topological polar surface area (TPSA) is 139 Å². The van der Waals surface area contributed by atoms with Crippen LogP contribution in [0, 0.1) is 10.1 Å². The summed E-state index contributed by atoms with van der Waals surface area (Å²) in [6, 6.07) is 14.1. The third kappa shape index (κ3) is 5.99. The Morgan fingerprint density at radius 2 is 1.66 bits per heavy atom. The number of benzene rings is 2. The predicted octanol–water partition coefficient (Wildman–Crippen LogP) is 3.40. The molecule has 180 valence electrons. The van der Waals surface area contributed by atoms with Crippen LogP contribution in [0.3, 0.4) is 0 Å². The Hall–Kier alpha value is -4.29. The maximum Gasteiger partial charge on any atom is 0.293 e. The summed E-state index contributed by atoms with van der Waals surface area (Å²) in [6.07, 6.45) is 1.41. The zero-order chi connectivity index (χ0) is 24.8. The van der Waals surface area contributed by atoms with Crippen molar-refractivity contribution in [2.45, 2.75) is 0 Å². The summed E-state index contributed by atoms with van der Waals surface area (Å²) in [7, 11) is 0. The molecule has 1 aliphatic heterocycles. The molecule has 35 heavy (non-hydrogen) atoms. The fourth-order valence-electron chi connectivity index (χ4n) is 3.46. The Balaban J connectivity index is 1.36. The summed E-state index contributed by atoms with van der Waals surface area (Å²) >= 11 is 5.20. The van der Waals surface area contributed by atoms with E-state index >= 15 is 0 Å². The SMILES string of the molecule is O=C(NC(=S)Nc1ccc(NC(=O)c2ccco2)cc1)c1ccc(N2CCOCC2)c([N+](=O)[O-])c1. The number of anilines is 3. The highest BCUT2D eigenvalue weighted by molar-refractivity contribution is 7.80. The Kier molecular flexibility index (Phi) is 7.33. The van der Waals surface area contributed by atoms with Gasteiger partial charge >= 0.3 is 0 Å². The molecule has 2 aromatic carbocycles. The zero-order valence-electron chi connectivity index (χ0n) is 18.4. The van der Waals surface area contributed by atoms with Crippen molar-refractivity contribution in [3.63, 3.8) is 0 Å². The van der Waals surface area contributed by atoms with Crippen LogP contribution in [0.4, 0.5) is 22.7 Å². The maximum atomic E-state index is 12.6. The number of rotatable bonds is 6. The van der Waals surface area contributed by atoms with Crippen LogP contribution in [0.2, 0.25) is 0 Å². The molecule has 1 aliphatic rings. The van der Waals surface area contributed by atoms with Gasteiger partial charge in [-0.15, -0.1) is 0 Å².